The van der Waals surface area contributed by atoms with Gasteiger partial charge in [-0.1, -0.05) is 12.1 Å². The molecule has 0 radical (unpaired) electrons. The number of primary sulfonamides is 1. The van der Waals surface area contributed by atoms with Crippen LogP contribution < -0.4 is 10.6 Å². The number of anilines is 1. The molecule has 0 aliphatic carbocycles. The van der Waals surface area contributed by atoms with Gasteiger partial charge in [-0.05, 0) is 30.5 Å². The first kappa shape index (κ1) is 14.9. The second kappa shape index (κ2) is 7.35. The van der Waals surface area contributed by atoms with Crippen LogP contribution in [-0.4, -0.2) is 20.5 Å². The quantitative estimate of drug-likeness (QED) is 0.348. The minimum absolute atomic E-state index is 0.160. The van der Waals surface area contributed by atoms with Crippen molar-refractivity contribution in [2.75, 3.05) is 11.3 Å². The second-order valence-corrected chi connectivity index (χ2v) is 5.75. The molecule has 1 aromatic rings. The first-order valence-electron chi connectivity index (χ1n) is 5.44. The summed E-state index contributed by atoms with van der Waals surface area (Å²) < 4.78 is 21.8. The molecule has 0 amide bonds. The van der Waals surface area contributed by atoms with Crippen LogP contribution in [0.2, 0.25) is 0 Å². The minimum Gasteiger partial charge on any atom is -0.279 e. The van der Waals surface area contributed by atoms with E-state index in [1.54, 1.807) is 30.5 Å². The maximum atomic E-state index is 10.9. The van der Waals surface area contributed by atoms with Crippen LogP contribution in [0, 0.1) is 0 Å². The van der Waals surface area contributed by atoms with Crippen LogP contribution in [0.5, 0.6) is 0 Å². The predicted octanol–water partition coefficient (Wildman–Crippen LogP) is 1.89. The molecule has 0 heterocycles. The molecule has 0 atom stereocenters. The summed E-state index contributed by atoms with van der Waals surface area (Å²) in [4.78, 5) is 0. The third kappa shape index (κ3) is 6.58. The van der Waals surface area contributed by atoms with E-state index in [0.717, 1.165) is 18.5 Å². The zero-order chi connectivity index (χ0) is 13.4. The Morgan fingerprint density at radius 2 is 2.00 bits per heavy atom. The van der Waals surface area contributed by atoms with Gasteiger partial charge < -0.3 is 0 Å². The Bertz CT molecular complexity index is 486. The number of nitrogens with zero attached hydrogens (tertiary/aromatic N) is 1. The van der Waals surface area contributed by atoms with E-state index in [2.05, 4.69) is 10.5 Å². The molecule has 0 aromatic heterocycles. The largest absolute Gasteiger partial charge is 0.279 e. The summed E-state index contributed by atoms with van der Waals surface area (Å²) in [5.41, 5.74) is 4.27. The highest BCUT2D eigenvalue weighted by Gasteiger charge is 2.04. The summed E-state index contributed by atoms with van der Waals surface area (Å²) in [5.74, 6) is 0.459. The Morgan fingerprint density at radius 1 is 1.33 bits per heavy atom. The van der Waals surface area contributed by atoms with E-state index in [1.807, 2.05) is 0 Å². The smallest absolute Gasteiger partial charge is 0.213 e. The van der Waals surface area contributed by atoms with E-state index in [-0.39, 0.29) is 5.75 Å². The van der Waals surface area contributed by atoms with E-state index >= 15 is 0 Å². The fourth-order valence-corrected chi connectivity index (χ4v) is 2.07. The highest BCUT2D eigenvalue weighted by molar-refractivity contribution is 7.88. The summed E-state index contributed by atoms with van der Waals surface area (Å²) >= 11 is 5.53. The van der Waals surface area contributed by atoms with E-state index in [4.69, 9.17) is 16.7 Å². The number of halogens is 1. The van der Waals surface area contributed by atoms with Gasteiger partial charge >= 0.3 is 0 Å². The molecular weight excluding hydrogens is 274 g/mol. The van der Waals surface area contributed by atoms with Crippen molar-refractivity contribution in [2.24, 2.45) is 10.2 Å². The molecular formula is C11H16ClN3O2S. The molecule has 0 saturated carbocycles. The van der Waals surface area contributed by atoms with Gasteiger partial charge in [0, 0.05) is 12.1 Å². The number of hydrogen-bond donors (Lipinski definition) is 2. The molecule has 7 heteroatoms. The lowest BCUT2D eigenvalue weighted by molar-refractivity contribution is 0.597. The second-order valence-electron chi connectivity index (χ2n) is 3.76. The zero-order valence-electron chi connectivity index (χ0n) is 9.84. The van der Waals surface area contributed by atoms with Crippen molar-refractivity contribution in [1.29, 1.82) is 0 Å². The van der Waals surface area contributed by atoms with Crippen molar-refractivity contribution in [3.8, 4) is 0 Å². The SMILES string of the molecule is NS(=O)(=O)Cc1ccc(NN=CCCCCl)cc1. The van der Waals surface area contributed by atoms with Crippen molar-refractivity contribution in [1.82, 2.24) is 0 Å². The van der Waals surface area contributed by atoms with E-state index in [9.17, 15) is 8.42 Å². The molecule has 100 valence electrons. The first-order chi connectivity index (χ1) is 8.51. The molecule has 0 aliphatic rings. The van der Waals surface area contributed by atoms with Gasteiger partial charge in [0.1, 0.15) is 0 Å². The molecule has 1 aromatic carbocycles. The van der Waals surface area contributed by atoms with Crippen molar-refractivity contribution < 1.29 is 8.42 Å². The summed E-state index contributed by atoms with van der Waals surface area (Å²) in [5, 5.41) is 8.96. The zero-order valence-corrected chi connectivity index (χ0v) is 11.4. The van der Waals surface area contributed by atoms with Gasteiger partial charge in [-0.2, -0.15) is 5.10 Å². The fraction of sp³-hybridized carbons (Fsp3) is 0.364. The maximum absolute atomic E-state index is 10.9. The third-order valence-corrected chi connectivity index (χ3v) is 3.08. The van der Waals surface area contributed by atoms with Crippen LogP contribution in [0.4, 0.5) is 5.69 Å². The maximum Gasteiger partial charge on any atom is 0.213 e. The Labute approximate surface area is 112 Å². The fourth-order valence-electron chi connectivity index (χ4n) is 1.26. The molecule has 0 fully saturated rings. The van der Waals surface area contributed by atoms with E-state index < -0.39 is 10.0 Å². The van der Waals surface area contributed by atoms with Crippen molar-refractivity contribution >= 4 is 33.5 Å². The van der Waals surface area contributed by atoms with E-state index in [1.165, 1.54) is 0 Å². The van der Waals surface area contributed by atoms with Crippen LogP contribution >= 0.6 is 11.6 Å². The predicted molar refractivity (Wildman–Crippen MR) is 75.3 cm³/mol. The molecule has 18 heavy (non-hydrogen) atoms. The van der Waals surface area contributed by atoms with Gasteiger partial charge in [0.2, 0.25) is 10.0 Å². The van der Waals surface area contributed by atoms with Gasteiger partial charge in [-0.3, -0.25) is 5.43 Å². The number of unbranched alkanes of at least 4 members (excludes halogenated alkanes) is 1. The van der Waals surface area contributed by atoms with Crippen LogP contribution in [0.3, 0.4) is 0 Å². The molecule has 1 rings (SSSR count). The number of alkyl halides is 1. The lowest BCUT2D eigenvalue weighted by Gasteiger charge is -2.02. The van der Waals surface area contributed by atoms with Crippen LogP contribution in [-0.2, 0) is 15.8 Å². The summed E-state index contributed by atoms with van der Waals surface area (Å²) in [7, 11) is -3.48. The lowest BCUT2D eigenvalue weighted by atomic mass is 10.2. The summed E-state index contributed by atoms with van der Waals surface area (Å²) in [6, 6.07) is 6.89. The average Bonchev–Trinajstić information content (AvgIpc) is 2.29. The Hall–Kier alpha value is -1.11. The van der Waals surface area contributed by atoms with Crippen molar-refractivity contribution in [2.45, 2.75) is 18.6 Å². The van der Waals surface area contributed by atoms with Gasteiger partial charge in [-0.15, -0.1) is 11.6 Å². The monoisotopic (exact) mass is 289 g/mol. The first-order valence-corrected chi connectivity index (χ1v) is 7.69. The molecule has 0 unspecified atom stereocenters. The molecule has 0 spiro atoms. The number of benzene rings is 1. The minimum atomic E-state index is -3.48. The lowest BCUT2D eigenvalue weighted by Crippen LogP contribution is -2.14. The Kier molecular flexibility index (Phi) is 6.11. The van der Waals surface area contributed by atoms with Gasteiger partial charge in [0.25, 0.3) is 0 Å². The normalized spacial score (nSPS) is 11.9. The highest BCUT2D eigenvalue weighted by Crippen LogP contribution is 2.11. The molecule has 0 bridgehead atoms. The number of sulfonamides is 1. The Morgan fingerprint density at radius 3 is 2.56 bits per heavy atom. The highest BCUT2D eigenvalue weighted by atomic mass is 35.5. The number of rotatable bonds is 7. The van der Waals surface area contributed by atoms with E-state index in [0.29, 0.717) is 11.4 Å². The summed E-state index contributed by atoms with van der Waals surface area (Å²) in [6.07, 6.45) is 3.46. The van der Waals surface area contributed by atoms with Crippen LogP contribution in [0.25, 0.3) is 0 Å². The standard InChI is InChI=1S/C11H16ClN3O2S/c12-7-1-2-8-14-15-11-5-3-10(4-6-11)9-18(13,16)17/h3-6,8,15H,1-2,7,9H2,(H2,13,16,17). The number of hydrazone groups is 1. The van der Waals surface area contributed by atoms with Crippen molar-refractivity contribution in [3.05, 3.63) is 29.8 Å². The van der Waals surface area contributed by atoms with Gasteiger partial charge in [0.05, 0.1) is 11.4 Å². The van der Waals surface area contributed by atoms with Crippen LogP contribution in [0.15, 0.2) is 29.4 Å². The van der Waals surface area contributed by atoms with Crippen molar-refractivity contribution in [3.63, 3.8) is 0 Å². The van der Waals surface area contributed by atoms with Crippen LogP contribution in [0.1, 0.15) is 18.4 Å². The number of hydrogen-bond acceptors (Lipinski definition) is 4. The average molecular weight is 290 g/mol. The molecule has 5 nitrogen and oxygen atoms in total. The van der Waals surface area contributed by atoms with Gasteiger partial charge in [-0.25, -0.2) is 13.6 Å². The Balaban J connectivity index is 2.48. The number of nitrogens with one attached hydrogen (secondary N) is 1. The summed E-state index contributed by atoms with van der Waals surface area (Å²) in [6.45, 7) is 0. The molecule has 3 N–H and O–H groups in total. The molecule has 0 saturated heterocycles. The van der Waals surface area contributed by atoms with Gasteiger partial charge in [0.15, 0.2) is 0 Å². The topological polar surface area (TPSA) is 84.5 Å². The molecule has 0 aliphatic heterocycles. The number of nitrogens with two attached hydrogens (primary N) is 1. The third-order valence-electron chi connectivity index (χ3n) is 2.07.